The molecule has 130 valence electrons. The third-order valence-electron chi connectivity index (χ3n) is 4.37. The second kappa shape index (κ2) is 7.71. The Hall–Kier alpha value is -2.00. The molecule has 1 aliphatic rings. The third-order valence-corrected chi connectivity index (χ3v) is 4.37. The summed E-state index contributed by atoms with van der Waals surface area (Å²) in [6.45, 7) is 3.94. The van der Waals surface area contributed by atoms with E-state index in [0.717, 1.165) is 38.1 Å². The number of halogens is 3. The van der Waals surface area contributed by atoms with Crippen LogP contribution in [0.5, 0.6) is 0 Å². The maximum atomic E-state index is 12.6. The summed E-state index contributed by atoms with van der Waals surface area (Å²) in [5, 5.41) is 2.89. The Kier molecular flexibility index (Phi) is 5.89. The van der Waals surface area contributed by atoms with Crippen molar-refractivity contribution in [3.8, 4) is 12.3 Å². The minimum Gasteiger partial charge on any atom is -0.349 e. The van der Waals surface area contributed by atoms with Crippen LogP contribution in [-0.4, -0.2) is 30.4 Å². The first-order chi connectivity index (χ1) is 11.3. The van der Waals surface area contributed by atoms with E-state index in [-0.39, 0.29) is 17.9 Å². The average Bonchev–Trinajstić information content (AvgIpc) is 2.55. The molecule has 24 heavy (non-hydrogen) atoms. The lowest BCUT2D eigenvalue weighted by Crippen LogP contribution is -2.41. The van der Waals surface area contributed by atoms with E-state index in [1.165, 1.54) is 12.1 Å². The number of likely N-dealkylation sites (tertiary alicyclic amines) is 1. The van der Waals surface area contributed by atoms with Gasteiger partial charge in [-0.2, -0.15) is 13.2 Å². The van der Waals surface area contributed by atoms with Crippen molar-refractivity contribution in [1.82, 2.24) is 10.2 Å². The SMILES string of the molecule is C#CCN1CCC(C(=O)N[C@H](C)c2ccc(C(F)(F)F)cc2)CC1. The number of hydrogen-bond acceptors (Lipinski definition) is 2. The molecular formula is C18H21F3N2O. The van der Waals surface area contributed by atoms with Crippen LogP contribution in [0.4, 0.5) is 13.2 Å². The fourth-order valence-electron chi connectivity index (χ4n) is 2.86. The summed E-state index contributed by atoms with van der Waals surface area (Å²) < 4.78 is 37.7. The summed E-state index contributed by atoms with van der Waals surface area (Å²) in [6.07, 6.45) is 2.42. The molecule has 1 atom stereocenters. The molecule has 2 rings (SSSR count). The van der Waals surface area contributed by atoms with E-state index in [2.05, 4.69) is 16.1 Å². The first-order valence-corrected chi connectivity index (χ1v) is 7.94. The summed E-state index contributed by atoms with van der Waals surface area (Å²) in [6, 6.07) is 4.56. The van der Waals surface area contributed by atoms with E-state index >= 15 is 0 Å². The maximum absolute atomic E-state index is 12.6. The van der Waals surface area contributed by atoms with Crippen molar-refractivity contribution in [2.24, 2.45) is 5.92 Å². The molecule has 1 saturated heterocycles. The zero-order chi connectivity index (χ0) is 17.7. The summed E-state index contributed by atoms with van der Waals surface area (Å²) in [7, 11) is 0. The van der Waals surface area contributed by atoms with E-state index in [4.69, 9.17) is 6.42 Å². The number of piperidine rings is 1. The molecule has 3 nitrogen and oxygen atoms in total. The van der Waals surface area contributed by atoms with Gasteiger partial charge in [-0.25, -0.2) is 0 Å². The molecule has 1 aromatic carbocycles. The molecule has 1 N–H and O–H groups in total. The number of rotatable bonds is 4. The second-order valence-electron chi connectivity index (χ2n) is 6.10. The van der Waals surface area contributed by atoms with Gasteiger partial charge >= 0.3 is 6.18 Å². The standard InChI is InChI=1S/C18H21F3N2O/c1-3-10-23-11-8-15(9-12-23)17(24)22-13(2)14-4-6-16(7-5-14)18(19,20)21/h1,4-7,13,15H,8-12H2,2H3,(H,22,24)/t13-/m1/s1. The van der Waals surface area contributed by atoms with Crippen molar-refractivity contribution in [3.05, 3.63) is 35.4 Å². The number of carbonyl (C=O) groups excluding carboxylic acids is 1. The molecule has 1 aliphatic heterocycles. The van der Waals surface area contributed by atoms with Crippen molar-refractivity contribution in [2.75, 3.05) is 19.6 Å². The molecule has 0 spiro atoms. The van der Waals surface area contributed by atoms with Gasteiger partial charge in [0.05, 0.1) is 18.2 Å². The van der Waals surface area contributed by atoms with E-state index in [1.54, 1.807) is 6.92 Å². The van der Waals surface area contributed by atoms with Gasteiger partial charge in [0.15, 0.2) is 0 Å². The molecule has 0 aromatic heterocycles. The van der Waals surface area contributed by atoms with Gasteiger partial charge in [-0.3, -0.25) is 9.69 Å². The van der Waals surface area contributed by atoms with Gasteiger partial charge in [-0.1, -0.05) is 18.1 Å². The summed E-state index contributed by atoms with van der Waals surface area (Å²) >= 11 is 0. The second-order valence-corrected chi connectivity index (χ2v) is 6.10. The lowest BCUT2D eigenvalue weighted by Gasteiger charge is -2.30. The number of terminal acetylenes is 1. The monoisotopic (exact) mass is 338 g/mol. The van der Waals surface area contributed by atoms with Crippen LogP contribution in [0.15, 0.2) is 24.3 Å². The Morgan fingerprint density at radius 1 is 1.33 bits per heavy atom. The van der Waals surface area contributed by atoms with Crippen LogP contribution in [0.1, 0.15) is 36.9 Å². The summed E-state index contributed by atoms with van der Waals surface area (Å²) in [4.78, 5) is 14.5. The average molecular weight is 338 g/mol. The van der Waals surface area contributed by atoms with Crippen LogP contribution in [-0.2, 0) is 11.0 Å². The number of carbonyl (C=O) groups is 1. The van der Waals surface area contributed by atoms with E-state index < -0.39 is 11.7 Å². The van der Waals surface area contributed by atoms with E-state index in [1.807, 2.05) is 0 Å². The fourth-order valence-corrected chi connectivity index (χ4v) is 2.86. The fraction of sp³-hybridized carbons (Fsp3) is 0.500. The summed E-state index contributed by atoms with van der Waals surface area (Å²) in [5.41, 5.74) is -0.0354. The highest BCUT2D eigenvalue weighted by Crippen LogP contribution is 2.30. The third kappa shape index (κ3) is 4.75. The highest BCUT2D eigenvalue weighted by molar-refractivity contribution is 5.79. The lowest BCUT2D eigenvalue weighted by atomic mass is 9.95. The zero-order valence-corrected chi connectivity index (χ0v) is 13.6. The maximum Gasteiger partial charge on any atom is 0.416 e. The highest BCUT2D eigenvalue weighted by atomic mass is 19.4. The Labute approximate surface area is 140 Å². The largest absolute Gasteiger partial charge is 0.416 e. The van der Waals surface area contributed by atoms with Crippen molar-refractivity contribution in [1.29, 1.82) is 0 Å². The van der Waals surface area contributed by atoms with Crippen LogP contribution >= 0.6 is 0 Å². The van der Waals surface area contributed by atoms with Crippen molar-refractivity contribution < 1.29 is 18.0 Å². The number of hydrogen-bond donors (Lipinski definition) is 1. The molecule has 0 bridgehead atoms. The first kappa shape index (κ1) is 18.3. The minimum absolute atomic E-state index is 0.0530. The molecule has 1 fully saturated rings. The predicted molar refractivity (Wildman–Crippen MR) is 86.0 cm³/mol. The van der Waals surface area contributed by atoms with Gasteiger partial charge < -0.3 is 5.32 Å². The van der Waals surface area contributed by atoms with Gasteiger partial charge in [0.1, 0.15) is 0 Å². The number of amides is 1. The number of alkyl halides is 3. The molecule has 6 heteroatoms. The molecule has 1 heterocycles. The molecule has 0 unspecified atom stereocenters. The first-order valence-electron chi connectivity index (χ1n) is 7.94. The molecule has 1 aromatic rings. The molecule has 0 radical (unpaired) electrons. The zero-order valence-electron chi connectivity index (χ0n) is 13.6. The predicted octanol–water partition coefficient (Wildman–Crippen LogP) is 3.23. The lowest BCUT2D eigenvalue weighted by molar-refractivity contribution is -0.137. The van der Waals surface area contributed by atoms with Crippen LogP contribution in [0, 0.1) is 18.3 Å². The van der Waals surface area contributed by atoms with Crippen LogP contribution in [0.2, 0.25) is 0 Å². The quantitative estimate of drug-likeness (QED) is 0.855. The Bertz CT molecular complexity index is 596. The van der Waals surface area contributed by atoms with Crippen molar-refractivity contribution >= 4 is 5.91 Å². The van der Waals surface area contributed by atoms with Gasteiger partial charge in [0.25, 0.3) is 0 Å². The van der Waals surface area contributed by atoms with Crippen molar-refractivity contribution in [2.45, 2.75) is 32.0 Å². The topological polar surface area (TPSA) is 32.3 Å². The van der Waals surface area contributed by atoms with E-state index in [0.29, 0.717) is 12.1 Å². The van der Waals surface area contributed by atoms with Crippen molar-refractivity contribution in [3.63, 3.8) is 0 Å². The molecular weight excluding hydrogens is 317 g/mol. The Morgan fingerprint density at radius 2 is 1.92 bits per heavy atom. The number of nitrogens with zero attached hydrogens (tertiary/aromatic N) is 1. The van der Waals surface area contributed by atoms with Crippen LogP contribution in [0.3, 0.4) is 0 Å². The molecule has 0 saturated carbocycles. The number of nitrogens with one attached hydrogen (secondary N) is 1. The van der Waals surface area contributed by atoms with Gasteiger partial charge in [0.2, 0.25) is 5.91 Å². The highest BCUT2D eigenvalue weighted by Gasteiger charge is 2.30. The minimum atomic E-state index is -4.35. The van der Waals surface area contributed by atoms with Gasteiger partial charge in [-0.15, -0.1) is 6.42 Å². The van der Waals surface area contributed by atoms with Crippen LogP contribution < -0.4 is 5.32 Å². The van der Waals surface area contributed by atoms with E-state index in [9.17, 15) is 18.0 Å². The Balaban J connectivity index is 1.89. The normalized spacial score (nSPS) is 18.0. The molecule has 1 amide bonds. The number of benzene rings is 1. The summed E-state index contributed by atoms with van der Waals surface area (Å²) in [5.74, 6) is 2.47. The van der Waals surface area contributed by atoms with Gasteiger partial charge in [0, 0.05) is 5.92 Å². The molecule has 0 aliphatic carbocycles. The Morgan fingerprint density at radius 3 is 2.42 bits per heavy atom. The van der Waals surface area contributed by atoms with Gasteiger partial charge in [-0.05, 0) is 50.6 Å². The smallest absolute Gasteiger partial charge is 0.349 e. The van der Waals surface area contributed by atoms with Crippen LogP contribution in [0.25, 0.3) is 0 Å².